The topological polar surface area (TPSA) is 131 Å². The molecular weight excluding hydrogens is 445 g/mol. The van der Waals surface area contributed by atoms with E-state index in [9.17, 15) is 24.2 Å². The molecule has 0 radical (unpaired) electrons. The number of carbonyl (C=O) groups excluding carboxylic acids is 2. The lowest BCUT2D eigenvalue weighted by atomic mass is 9.97. The quantitative estimate of drug-likeness (QED) is 0.484. The third kappa shape index (κ3) is 4.45. The maximum Gasteiger partial charge on any atom is 0.336 e. The number of hydrogen-bond donors (Lipinski definition) is 3. The average Bonchev–Trinajstić information content (AvgIpc) is 2.85. The van der Waals surface area contributed by atoms with E-state index in [0.29, 0.717) is 16.3 Å². The molecule has 9 nitrogen and oxygen atoms in total. The first-order valence-electron chi connectivity index (χ1n) is 10.4. The summed E-state index contributed by atoms with van der Waals surface area (Å²) in [7, 11) is 0. The fourth-order valence-corrected chi connectivity index (χ4v) is 3.61. The molecule has 0 spiro atoms. The monoisotopic (exact) mass is 467 g/mol. The summed E-state index contributed by atoms with van der Waals surface area (Å²) < 4.78 is 25.6. The molecule has 3 N–H and O–H groups in total. The second kappa shape index (κ2) is 9.16. The number of carbonyl (C=O) groups is 2. The van der Waals surface area contributed by atoms with Crippen molar-refractivity contribution in [3.05, 3.63) is 60.1 Å². The Kier molecular flexibility index (Phi) is 6.27. The summed E-state index contributed by atoms with van der Waals surface area (Å²) in [5, 5.41) is 22.7. The molecule has 0 amide bonds. The predicted molar refractivity (Wildman–Crippen MR) is 120 cm³/mol. The second-order valence-corrected chi connectivity index (χ2v) is 8.11. The van der Waals surface area contributed by atoms with Crippen molar-refractivity contribution in [3.8, 4) is 17.0 Å². The van der Waals surface area contributed by atoms with E-state index in [4.69, 9.17) is 9.47 Å². The first-order chi connectivity index (χ1) is 16.2. The molecule has 0 saturated heterocycles. The van der Waals surface area contributed by atoms with Crippen LogP contribution in [-0.2, 0) is 19.9 Å². The van der Waals surface area contributed by atoms with E-state index in [0.717, 1.165) is 12.2 Å². The van der Waals surface area contributed by atoms with Crippen molar-refractivity contribution in [3.63, 3.8) is 0 Å². The lowest BCUT2D eigenvalue weighted by Crippen LogP contribution is -2.31. The molecule has 34 heavy (non-hydrogen) atoms. The van der Waals surface area contributed by atoms with Gasteiger partial charge in [0, 0.05) is 23.1 Å². The number of esters is 2. The maximum atomic E-state index is 14.5. The van der Waals surface area contributed by atoms with Gasteiger partial charge in [-0.05, 0) is 31.4 Å². The van der Waals surface area contributed by atoms with E-state index < -0.39 is 42.6 Å². The number of rotatable bonds is 5. The van der Waals surface area contributed by atoms with Crippen LogP contribution in [0.5, 0.6) is 5.75 Å². The van der Waals surface area contributed by atoms with Crippen molar-refractivity contribution in [1.82, 2.24) is 9.97 Å². The summed E-state index contributed by atoms with van der Waals surface area (Å²) in [6, 6.07) is 8.70. The second-order valence-electron chi connectivity index (χ2n) is 8.11. The Bertz CT molecular complexity index is 1300. The lowest BCUT2D eigenvalue weighted by Gasteiger charge is -2.27. The number of aromatic nitrogens is 2. The smallest absolute Gasteiger partial charge is 0.336 e. The maximum absolute atomic E-state index is 14.5. The number of halogens is 1. The van der Waals surface area contributed by atoms with Crippen LogP contribution in [0.1, 0.15) is 19.5 Å². The third-order valence-corrected chi connectivity index (χ3v) is 5.25. The number of ether oxygens (including phenoxy) is 2. The van der Waals surface area contributed by atoms with Crippen molar-refractivity contribution in [2.24, 2.45) is 0 Å². The summed E-state index contributed by atoms with van der Waals surface area (Å²) in [5.74, 6) is -2.16. The Morgan fingerprint density at radius 1 is 1.00 bits per heavy atom. The van der Waals surface area contributed by atoms with Crippen LogP contribution in [0.3, 0.4) is 0 Å². The zero-order chi connectivity index (χ0) is 24.5. The minimum atomic E-state index is -1.38. The minimum absolute atomic E-state index is 0.0253. The molecular formula is C24H22FN3O6. The molecule has 10 heteroatoms. The Morgan fingerprint density at radius 3 is 2.38 bits per heavy atom. The molecule has 0 aliphatic carbocycles. The number of fused-ring (bicyclic) bond motifs is 2. The summed E-state index contributed by atoms with van der Waals surface area (Å²) in [6.45, 7) is 2.30. The first-order valence-corrected chi connectivity index (χ1v) is 10.4. The number of nitrogens with one attached hydrogen (secondary N) is 1. The van der Waals surface area contributed by atoms with Gasteiger partial charge in [-0.3, -0.25) is 0 Å². The molecule has 0 bridgehead atoms. The molecule has 1 aromatic heterocycles. The van der Waals surface area contributed by atoms with Crippen LogP contribution in [0.4, 0.5) is 10.3 Å². The Labute approximate surface area is 193 Å². The number of aliphatic hydroxyl groups is 2. The molecule has 176 valence electrons. The van der Waals surface area contributed by atoms with Gasteiger partial charge in [0.15, 0.2) is 11.4 Å². The van der Waals surface area contributed by atoms with E-state index in [1.807, 2.05) is 0 Å². The molecule has 2 aromatic carbocycles. The van der Waals surface area contributed by atoms with E-state index in [2.05, 4.69) is 15.3 Å². The number of cyclic esters (lactones) is 1. The van der Waals surface area contributed by atoms with Crippen molar-refractivity contribution >= 4 is 28.7 Å². The third-order valence-electron chi connectivity index (χ3n) is 5.25. The zero-order valence-corrected chi connectivity index (χ0v) is 18.4. The van der Waals surface area contributed by atoms with Crippen LogP contribution in [-0.4, -0.2) is 51.4 Å². The summed E-state index contributed by atoms with van der Waals surface area (Å²) >= 11 is 0. The molecule has 1 aliphatic heterocycles. The Morgan fingerprint density at radius 2 is 1.68 bits per heavy atom. The number of anilines is 1. The van der Waals surface area contributed by atoms with Crippen molar-refractivity contribution in [2.45, 2.75) is 25.5 Å². The Balaban J connectivity index is 2.05. The van der Waals surface area contributed by atoms with Crippen LogP contribution >= 0.6 is 0 Å². The molecule has 4 rings (SSSR count). The molecule has 0 saturated carbocycles. The summed E-state index contributed by atoms with van der Waals surface area (Å²) in [6.07, 6.45) is 1.88. The number of nitrogens with zero attached hydrogens (tertiary/aromatic N) is 2. The number of benzene rings is 2. The van der Waals surface area contributed by atoms with Crippen LogP contribution in [0.15, 0.2) is 48.6 Å². The fourth-order valence-electron chi connectivity index (χ4n) is 3.61. The summed E-state index contributed by atoms with van der Waals surface area (Å²) in [5.41, 5.74) is -0.750. The largest absolute Gasteiger partial charge is 0.450 e. The van der Waals surface area contributed by atoms with Gasteiger partial charge < -0.3 is 25.0 Å². The van der Waals surface area contributed by atoms with Crippen LogP contribution in [0.25, 0.3) is 22.0 Å². The van der Waals surface area contributed by atoms with Crippen molar-refractivity contribution in [1.29, 1.82) is 0 Å². The predicted octanol–water partition coefficient (Wildman–Crippen LogP) is 2.45. The lowest BCUT2D eigenvalue weighted by molar-refractivity contribution is -0.151. The van der Waals surface area contributed by atoms with E-state index in [1.165, 1.54) is 12.1 Å². The molecule has 1 aliphatic rings. The standard InChI is InChI=1S/C24H22FN3O6/c1-24(2)22-21(33-18(31)9-10-19(32)34-24)20(27-23(28-22)26-13(11-29)12-30)16-7-8-17(25)15-6-4-3-5-14(15)16/h3-10,13,29-30H,11-12H2,1-2H3,(H,26,27,28)/b10-9-. The highest BCUT2D eigenvalue weighted by molar-refractivity contribution is 5.99. The van der Waals surface area contributed by atoms with Crippen LogP contribution in [0.2, 0.25) is 0 Å². The van der Waals surface area contributed by atoms with Gasteiger partial charge in [-0.2, -0.15) is 0 Å². The zero-order valence-electron chi connectivity index (χ0n) is 18.4. The molecule has 0 atom stereocenters. The van der Waals surface area contributed by atoms with Gasteiger partial charge in [0.2, 0.25) is 5.95 Å². The number of aliphatic hydroxyl groups excluding tert-OH is 2. The molecule has 3 aromatic rings. The number of hydrogen-bond acceptors (Lipinski definition) is 9. The van der Waals surface area contributed by atoms with Gasteiger partial charge in [-0.1, -0.05) is 24.3 Å². The van der Waals surface area contributed by atoms with Crippen LogP contribution < -0.4 is 10.1 Å². The molecule has 2 heterocycles. The van der Waals surface area contributed by atoms with Gasteiger partial charge in [0.1, 0.15) is 17.2 Å². The highest BCUT2D eigenvalue weighted by Crippen LogP contribution is 2.42. The van der Waals surface area contributed by atoms with Crippen LogP contribution in [0, 0.1) is 5.82 Å². The highest BCUT2D eigenvalue weighted by atomic mass is 19.1. The highest BCUT2D eigenvalue weighted by Gasteiger charge is 2.36. The van der Waals surface area contributed by atoms with Gasteiger partial charge in [-0.25, -0.2) is 23.9 Å². The minimum Gasteiger partial charge on any atom is -0.450 e. The summed E-state index contributed by atoms with van der Waals surface area (Å²) in [4.78, 5) is 33.5. The van der Waals surface area contributed by atoms with E-state index >= 15 is 0 Å². The Hall–Kier alpha value is -3.89. The van der Waals surface area contributed by atoms with E-state index in [-0.39, 0.29) is 23.1 Å². The van der Waals surface area contributed by atoms with Gasteiger partial charge in [0.25, 0.3) is 0 Å². The SMILES string of the molecule is CC1(C)OC(=O)/C=C\C(=O)Oc2c(-c3ccc(F)c4ccccc34)nc(NC(CO)CO)nc21. The van der Waals surface area contributed by atoms with Gasteiger partial charge in [0.05, 0.1) is 19.3 Å². The van der Waals surface area contributed by atoms with E-state index in [1.54, 1.807) is 38.1 Å². The molecule has 0 unspecified atom stereocenters. The van der Waals surface area contributed by atoms with Gasteiger partial charge in [-0.15, -0.1) is 0 Å². The van der Waals surface area contributed by atoms with Crippen molar-refractivity contribution < 1.29 is 33.7 Å². The van der Waals surface area contributed by atoms with Gasteiger partial charge >= 0.3 is 11.9 Å². The molecule has 0 fully saturated rings. The van der Waals surface area contributed by atoms with Crippen molar-refractivity contribution in [2.75, 3.05) is 18.5 Å². The normalized spacial score (nSPS) is 16.2. The first kappa shape index (κ1) is 23.3. The fraction of sp³-hybridized carbons (Fsp3) is 0.250. The average molecular weight is 467 g/mol.